The Morgan fingerprint density at radius 1 is 1.42 bits per heavy atom. The van der Waals surface area contributed by atoms with Gasteiger partial charge in [-0.2, -0.15) is 0 Å². The van der Waals surface area contributed by atoms with Crippen LogP contribution in [0, 0.1) is 0 Å². The molecule has 0 amide bonds. The van der Waals surface area contributed by atoms with Crippen LogP contribution in [0.1, 0.15) is 18.9 Å². The van der Waals surface area contributed by atoms with Gasteiger partial charge >= 0.3 is 0 Å². The van der Waals surface area contributed by atoms with Gasteiger partial charge in [0, 0.05) is 24.2 Å². The van der Waals surface area contributed by atoms with Crippen molar-refractivity contribution in [1.82, 2.24) is 4.90 Å². The molecular formula is C14H19N3OS. The number of nitrogens with zero attached hydrogens (tertiary/aromatic N) is 2. The summed E-state index contributed by atoms with van der Waals surface area (Å²) in [6, 6.07) is 8.46. The van der Waals surface area contributed by atoms with Gasteiger partial charge in [0.05, 0.1) is 0 Å². The third-order valence-corrected chi connectivity index (χ3v) is 4.23. The average Bonchev–Trinajstić information content (AvgIpc) is 2.86. The van der Waals surface area contributed by atoms with Crippen LogP contribution < -0.4 is 5.73 Å². The molecule has 0 saturated heterocycles. The van der Waals surface area contributed by atoms with Gasteiger partial charge in [0.2, 0.25) is 0 Å². The summed E-state index contributed by atoms with van der Waals surface area (Å²) in [6.45, 7) is 4.78. The van der Waals surface area contributed by atoms with Crippen molar-refractivity contribution in [1.29, 1.82) is 0 Å². The molecule has 0 bridgehead atoms. The first kappa shape index (κ1) is 13.8. The minimum atomic E-state index is 0.286. The Morgan fingerprint density at radius 3 is 2.95 bits per heavy atom. The van der Waals surface area contributed by atoms with E-state index in [2.05, 4.69) is 46.6 Å². The fourth-order valence-corrected chi connectivity index (χ4v) is 3.02. The van der Waals surface area contributed by atoms with Crippen LogP contribution in [0.2, 0.25) is 0 Å². The van der Waals surface area contributed by atoms with Crippen LogP contribution in [0.15, 0.2) is 34.8 Å². The Bertz CT molecular complexity index is 565. The molecule has 0 aliphatic heterocycles. The summed E-state index contributed by atoms with van der Waals surface area (Å²) in [4.78, 5) is 2.30. The van der Waals surface area contributed by atoms with E-state index in [0.717, 1.165) is 19.6 Å². The minimum absolute atomic E-state index is 0.286. The highest BCUT2D eigenvalue weighted by atomic mass is 32.1. The van der Waals surface area contributed by atoms with Crippen molar-refractivity contribution in [2.24, 2.45) is 10.9 Å². The van der Waals surface area contributed by atoms with Crippen molar-refractivity contribution in [3.05, 3.63) is 35.2 Å². The third kappa shape index (κ3) is 3.45. The zero-order valence-electron chi connectivity index (χ0n) is 11.0. The van der Waals surface area contributed by atoms with Crippen molar-refractivity contribution < 1.29 is 5.21 Å². The molecular weight excluding hydrogens is 258 g/mol. The second-order valence-corrected chi connectivity index (χ2v) is 5.38. The number of benzene rings is 1. The van der Waals surface area contributed by atoms with Crippen LogP contribution >= 0.6 is 11.3 Å². The minimum Gasteiger partial charge on any atom is -0.409 e. The molecule has 1 heterocycles. The lowest BCUT2D eigenvalue weighted by atomic mass is 10.1. The largest absolute Gasteiger partial charge is 0.409 e. The summed E-state index contributed by atoms with van der Waals surface area (Å²) in [7, 11) is 0. The van der Waals surface area contributed by atoms with Gasteiger partial charge in [0.15, 0.2) is 0 Å². The van der Waals surface area contributed by atoms with Gasteiger partial charge in [-0.05, 0) is 28.9 Å². The van der Waals surface area contributed by atoms with E-state index in [1.54, 1.807) is 11.3 Å². The number of nitrogens with two attached hydrogens (primary N) is 1. The van der Waals surface area contributed by atoms with Gasteiger partial charge in [-0.25, -0.2) is 0 Å². The van der Waals surface area contributed by atoms with Crippen LogP contribution in [0.25, 0.3) is 10.1 Å². The number of thiophene rings is 1. The van der Waals surface area contributed by atoms with Gasteiger partial charge in [-0.15, -0.1) is 11.3 Å². The van der Waals surface area contributed by atoms with E-state index in [-0.39, 0.29) is 5.84 Å². The smallest absolute Gasteiger partial charge is 0.140 e. The van der Waals surface area contributed by atoms with E-state index in [1.807, 2.05) is 0 Å². The van der Waals surface area contributed by atoms with Gasteiger partial charge < -0.3 is 10.9 Å². The quantitative estimate of drug-likeness (QED) is 0.369. The van der Waals surface area contributed by atoms with Crippen LogP contribution in [-0.2, 0) is 6.54 Å². The van der Waals surface area contributed by atoms with E-state index in [4.69, 9.17) is 10.9 Å². The summed E-state index contributed by atoms with van der Waals surface area (Å²) in [5.74, 6) is 0.286. The van der Waals surface area contributed by atoms with Crippen molar-refractivity contribution in [3.63, 3.8) is 0 Å². The number of hydrogen-bond acceptors (Lipinski definition) is 4. The summed E-state index contributed by atoms with van der Waals surface area (Å²) in [5, 5.41) is 15.1. The molecule has 19 heavy (non-hydrogen) atoms. The highest BCUT2D eigenvalue weighted by molar-refractivity contribution is 7.17. The molecule has 2 aromatic rings. The lowest BCUT2D eigenvalue weighted by molar-refractivity contribution is 0.284. The highest BCUT2D eigenvalue weighted by Gasteiger charge is 2.09. The number of oxime groups is 1. The summed E-state index contributed by atoms with van der Waals surface area (Å²) in [6.07, 6.45) is 0.590. The standard InChI is InChI=1S/C14H19N3OS/c1-2-17(8-7-14(15)16-18)9-11-10-19-13-6-4-3-5-12(11)13/h3-6,10,18H,2,7-9H2,1H3,(H2,15,16). The molecule has 3 N–H and O–H groups in total. The fourth-order valence-electron chi connectivity index (χ4n) is 2.07. The normalized spacial score (nSPS) is 12.4. The second-order valence-electron chi connectivity index (χ2n) is 4.47. The number of amidine groups is 1. The van der Waals surface area contributed by atoms with Gasteiger partial charge in [0.25, 0.3) is 0 Å². The van der Waals surface area contributed by atoms with Gasteiger partial charge in [-0.1, -0.05) is 30.3 Å². The van der Waals surface area contributed by atoms with Crippen LogP contribution in [0.3, 0.4) is 0 Å². The summed E-state index contributed by atoms with van der Waals surface area (Å²) >= 11 is 1.78. The fraction of sp³-hybridized carbons (Fsp3) is 0.357. The molecule has 5 heteroatoms. The van der Waals surface area contributed by atoms with E-state index in [1.165, 1.54) is 15.6 Å². The Morgan fingerprint density at radius 2 is 2.21 bits per heavy atom. The van der Waals surface area contributed by atoms with E-state index in [0.29, 0.717) is 6.42 Å². The zero-order chi connectivity index (χ0) is 13.7. The summed E-state index contributed by atoms with van der Waals surface area (Å²) in [5.41, 5.74) is 6.86. The number of fused-ring (bicyclic) bond motifs is 1. The molecule has 0 aliphatic rings. The molecule has 0 atom stereocenters. The van der Waals surface area contributed by atoms with Gasteiger partial charge in [0.1, 0.15) is 5.84 Å². The van der Waals surface area contributed by atoms with Crippen molar-refractivity contribution in [2.45, 2.75) is 19.9 Å². The Balaban J connectivity index is 2.05. The maximum absolute atomic E-state index is 8.56. The third-order valence-electron chi connectivity index (χ3n) is 3.21. The molecule has 0 aliphatic carbocycles. The topological polar surface area (TPSA) is 61.8 Å². The predicted octanol–water partition coefficient (Wildman–Crippen LogP) is 2.86. The SMILES string of the molecule is CCN(CC/C(N)=N/O)Cc1csc2ccccc12. The molecule has 4 nitrogen and oxygen atoms in total. The first-order valence-electron chi connectivity index (χ1n) is 6.38. The molecule has 0 saturated carbocycles. The van der Waals surface area contributed by atoms with Crippen LogP contribution in [-0.4, -0.2) is 29.0 Å². The van der Waals surface area contributed by atoms with E-state index >= 15 is 0 Å². The van der Waals surface area contributed by atoms with E-state index < -0.39 is 0 Å². The maximum atomic E-state index is 8.56. The number of hydrogen-bond donors (Lipinski definition) is 2. The summed E-state index contributed by atoms with van der Waals surface area (Å²) < 4.78 is 1.32. The van der Waals surface area contributed by atoms with Gasteiger partial charge in [-0.3, -0.25) is 4.90 Å². The number of rotatable bonds is 6. The molecule has 1 aromatic carbocycles. The molecule has 0 radical (unpaired) electrons. The first-order valence-corrected chi connectivity index (χ1v) is 7.26. The lowest BCUT2D eigenvalue weighted by Crippen LogP contribution is -2.27. The lowest BCUT2D eigenvalue weighted by Gasteiger charge is -2.19. The molecule has 102 valence electrons. The molecule has 0 unspecified atom stereocenters. The van der Waals surface area contributed by atoms with Crippen LogP contribution in [0.4, 0.5) is 0 Å². The van der Waals surface area contributed by atoms with Crippen molar-refractivity contribution in [3.8, 4) is 0 Å². The molecule has 0 spiro atoms. The van der Waals surface area contributed by atoms with Crippen LogP contribution in [0.5, 0.6) is 0 Å². The maximum Gasteiger partial charge on any atom is 0.140 e. The zero-order valence-corrected chi connectivity index (χ0v) is 11.9. The Hall–Kier alpha value is -1.59. The van der Waals surface area contributed by atoms with Crippen molar-refractivity contribution in [2.75, 3.05) is 13.1 Å². The predicted molar refractivity (Wildman–Crippen MR) is 80.8 cm³/mol. The molecule has 1 aromatic heterocycles. The Kier molecular flexibility index (Phi) is 4.76. The Labute approximate surface area is 117 Å². The first-order chi connectivity index (χ1) is 9.24. The van der Waals surface area contributed by atoms with E-state index in [9.17, 15) is 0 Å². The monoisotopic (exact) mass is 277 g/mol. The molecule has 0 fully saturated rings. The highest BCUT2D eigenvalue weighted by Crippen LogP contribution is 2.26. The molecule has 2 rings (SSSR count). The van der Waals surface area contributed by atoms with Crippen molar-refractivity contribution >= 4 is 27.3 Å². The second kappa shape index (κ2) is 6.54. The average molecular weight is 277 g/mol.